The molecular formula is C18H15Cl2N3O2S. The standard InChI is InChI=1S/C18H15Cl2N3O2S/c19-12-4-3-11(13(20)8-12)9-23-6-5-14-16(10-23)26-18(21-14)22-17(24)15-2-1-7-25-15/h1-4,7-8H,5-6,9-10H2,(H,21,22,24). The highest BCUT2D eigenvalue weighted by molar-refractivity contribution is 7.15. The third kappa shape index (κ3) is 3.78. The molecule has 5 nitrogen and oxygen atoms in total. The van der Waals surface area contributed by atoms with E-state index in [1.165, 1.54) is 17.6 Å². The quantitative estimate of drug-likeness (QED) is 0.670. The Morgan fingerprint density at radius 2 is 2.23 bits per heavy atom. The van der Waals surface area contributed by atoms with Gasteiger partial charge in [-0.1, -0.05) is 29.3 Å². The molecule has 8 heteroatoms. The zero-order valence-corrected chi connectivity index (χ0v) is 16.0. The molecular weight excluding hydrogens is 393 g/mol. The Morgan fingerprint density at radius 3 is 3.00 bits per heavy atom. The van der Waals surface area contributed by atoms with Crippen LogP contribution in [0.4, 0.5) is 5.13 Å². The number of rotatable bonds is 4. The van der Waals surface area contributed by atoms with Crippen LogP contribution in [-0.4, -0.2) is 22.3 Å². The number of thiazole rings is 1. The van der Waals surface area contributed by atoms with E-state index >= 15 is 0 Å². The molecule has 134 valence electrons. The molecule has 0 saturated heterocycles. The topological polar surface area (TPSA) is 58.4 Å². The molecule has 0 aliphatic carbocycles. The fourth-order valence-corrected chi connectivity index (χ4v) is 4.41. The van der Waals surface area contributed by atoms with Gasteiger partial charge in [-0.25, -0.2) is 4.98 Å². The van der Waals surface area contributed by atoms with Crippen LogP contribution in [0.5, 0.6) is 0 Å². The second-order valence-corrected chi connectivity index (χ2v) is 7.94. The second kappa shape index (κ2) is 7.40. The molecule has 3 heterocycles. The maximum absolute atomic E-state index is 12.1. The smallest absolute Gasteiger partial charge is 0.293 e. The predicted molar refractivity (Wildman–Crippen MR) is 103 cm³/mol. The summed E-state index contributed by atoms with van der Waals surface area (Å²) in [4.78, 5) is 20.1. The molecule has 4 rings (SSSR count). The van der Waals surface area contributed by atoms with Gasteiger partial charge in [0.25, 0.3) is 5.91 Å². The maximum atomic E-state index is 12.1. The molecule has 0 fully saturated rings. The van der Waals surface area contributed by atoms with Crippen molar-refractivity contribution in [3.63, 3.8) is 0 Å². The molecule has 1 aliphatic heterocycles. The monoisotopic (exact) mass is 407 g/mol. The molecule has 0 spiro atoms. The molecule has 2 aromatic heterocycles. The third-order valence-electron chi connectivity index (χ3n) is 4.18. The highest BCUT2D eigenvalue weighted by Crippen LogP contribution is 2.30. The number of fused-ring (bicyclic) bond motifs is 1. The molecule has 0 unspecified atom stereocenters. The maximum Gasteiger partial charge on any atom is 0.293 e. The number of amides is 1. The number of hydrogen-bond donors (Lipinski definition) is 1. The van der Waals surface area contributed by atoms with Crippen molar-refractivity contribution in [2.75, 3.05) is 11.9 Å². The van der Waals surface area contributed by atoms with Crippen molar-refractivity contribution in [3.05, 3.63) is 68.5 Å². The Labute approximate surface area is 164 Å². The average Bonchev–Trinajstić information content (AvgIpc) is 3.26. The second-order valence-electron chi connectivity index (χ2n) is 6.02. The minimum Gasteiger partial charge on any atom is -0.459 e. The summed E-state index contributed by atoms with van der Waals surface area (Å²) in [7, 11) is 0. The minimum atomic E-state index is -0.286. The first-order valence-electron chi connectivity index (χ1n) is 8.08. The summed E-state index contributed by atoms with van der Waals surface area (Å²) < 4.78 is 5.11. The van der Waals surface area contributed by atoms with Gasteiger partial charge in [-0.15, -0.1) is 11.3 Å². The van der Waals surface area contributed by atoms with Crippen LogP contribution >= 0.6 is 34.5 Å². The summed E-state index contributed by atoms with van der Waals surface area (Å²) in [5, 5.41) is 4.72. The lowest BCUT2D eigenvalue weighted by Gasteiger charge is -2.26. The van der Waals surface area contributed by atoms with Crippen LogP contribution in [0.2, 0.25) is 10.0 Å². The van der Waals surface area contributed by atoms with E-state index in [1.807, 2.05) is 12.1 Å². The lowest BCUT2D eigenvalue weighted by Crippen LogP contribution is -2.29. The largest absolute Gasteiger partial charge is 0.459 e. The van der Waals surface area contributed by atoms with Crippen LogP contribution in [0.1, 0.15) is 26.7 Å². The zero-order chi connectivity index (χ0) is 18.1. The van der Waals surface area contributed by atoms with Crippen LogP contribution in [0.3, 0.4) is 0 Å². The summed E-state index contributed by atoms with van der Waals surface area (Å²) in [6.45, 7) is 2.42. The van der Waals surface area contributed by atoms with Gasteiger partial charge in [-0.05, 0) is 29.8 Å². The van der Waals surface area contributed by atoms with Crippen LogP contribution in [0.15, 0.2) is 41.0 Å². The number of benzene rings is 1. The highest BCUT2D eigenvalue weighted by Gasteiger charge is 2.22. The lowest BCUT2D eigenvalue weighted by atomic mass is 10.1. The molecule has 1 N–H and O–H groups in total. The van der Waals surface area contributed by atoms with Gasteiger partial charge < -0.3 is 4.42 Å². The van der Waals surface area contributed by atoms with Gasteiger partial charge in [0, 0.05) is 41.0 Å². The van der Waals surface area contributed by atoms with E-state index in [0.717, 1.165) is 42.2 Å². The number of hydrogen-bond acceptors (Lipinski definition) is 5. The van der Waals surface area contributed by atoms with Gasteiger partial charge in [-0.3, -0.25) is 15.0 Å². The normalized spacial score (nSPS) is 14.2. The number of anilines is 1. The van der Waals surface area contributed by atoms with E-state index in [4.69, 9.17) is 27.6 Å². The van der Waals surface area contributed by atoms with Crippen molar-refractivity contribution >= 4 is 45.6 Å². The van der Waals surface area contributed by atoms with Gasteiger partial charge in [0.1, 0.15) is 0 Å². The van der Waals surface area contributed by atoms with Crippen molar-refractivity contribution < 1.29 is 9.21 Å². The van der Waals surface area contributed by atoms with Gasteiger partial charge in [0.2, 0.25) is 0 Å². The summed E-state index contributed by atoms with van der Waals surface area (Å²) in [6.07, 6.45) is 2.31. The SMILES string of the molecule is O=C(Nc1nc2c(s1)CN(Cc1ccc(Cl)cc1Cl)CC2)c1ccco1. The molecule has 26 heavy (non-hydrogen) atoms. The van der Waals surface area contributed by atoms with E-state index in [1.54, 1.807) is 18.2 Å². The number of nitrogens with one attached hydrogen (secondary N) is 1. The Morgan fingerprint density at radius 1 is 1.35 bits per heavy atom. The average molecular weight is 408 g/mol. The Hall–Kier alpha value is -1.86. The molecule has 1 amide bonds. The number of nitrogens with zero attached hydrogens (tertiary/aromatic N) is 2. The van der Waals surface area contributed by atoms with Gasteiger partial charge in [0.15, 0.2) is 10.9 Å². The summed E-state index contributed by atoms with van der Waals surface area (Å²) in [5.74, 6) is -0.0110. The van der Waals surface area contributed by atoms with E-state index < -0.39 is 0 Å². The van der Waals surface area contributed by atoms with E-state index in [9.17, 15) is 4.79 Å². The van der Waals surface area contributed by atoms with Crippen LogP contribution in [-0.2, 0) is 19.5 Å². The first-order valence-corrected chi connectivity index (χ1v) is 9.65. The fourth-order valence-electron chi connectivity index (χ4n) is 2.89. The Balaban J connectivity index is 1.44. The van der Waals surface area contributed by atoms with Crippen LogP contribution in [0.25, 0.3) is 0 Å². The van der Waals surface area contributed by atoms with Crippen molar-refractivity contribution in [1.82, 2.24) is 9.88 Å². The molecule has 0 bridgehead atoms. The number of carbonyl (C=O) groups excluding carboxylic acids is 1. The number of aromatic nitrogens is 1. The molecule has 1 aliphatic rings. The van der Waals surface area contributed by atoms with E-state index in [2.05, 4.69) is 15.2 Å². The Bertz CT molecular complexity index is 940. The zero-order valence-electron chi connectivity index (χ0n) is 13.7. The van der Waals surface area contributed by atoms with Crippen molar-refractivity contribution in [2.24, 2.45) is 0 Å². The van der Waals surface area contributed by atoms with Crippen LogP contribution < -0.4 is 5.32 Å². The number of carbonyl (C=O) groups is 1. The van der Waals surface area contributed by atoms with Gasteiger partial charge in [-0.2, -0.15) is 0 Å². The summed E-state index contributed by atoms with van der Waals surface area (Å²) in [6, 6.07) is 8.89. The Kier molecular flexibility index (Phi) is 5.00. The molecule has 0 saturated carbocycles. The van der Waals surface area contributed by atoms with E-state index in [0.29, 0.717) is 15.2 Å². The van der Waals surface area contributed by atoms with Crippen molar-refractivity contribution in [1.29, 1.82) is 0 Å². The van der Waals surface area contributed by atoms with E-state index in [-0.39, 0.29) is 11.7 Å². The first-order chi connectivity index (χ1) is 12.6. The molecule has 0 atom stereocenters. The number of furan rings is 1. The van der Waals surface area contributed by atoms with Gasteiger partial charge in [0.05, 0.1) is 12.0 Å². The fraction of sp³-hybridized carbons (Fsp3) is 0.222. The number of halogens is 2. The van der Waals surface area contributed by atoms with Crippen molar-refractivity contribution in [3.8, 4) is 0 Å². The third-order valence-corrected chi connectivity index (χ3v) is 5.77. The highest BCUT2D eigenvalue weighted by atomic mass is 35.5. The lowest BCUT2D eigenvalue weighted by molar-refractivity contribution is 0.0996. The summed E-state index contributed by atoms with van der Waals surface area (Å²) >= 11 is 13.7. The predicted octanol–water partition coefficient (Wildman–Crippen LogP) is 4.85. The molecule has 3 aromatic rings. The molecule has 1 aromatic carbocycles. The van der Waals surface area contributed by atoms with Gasteiger partial charge >= 0.3 is 0 Å². The first kappa shape index (κ1) is 17.5. The molecule has 0 radical (unpaired) electrons. The van der Waals surface area contributed by atoms with Crippen LogP contribution in [0, 0.1) is 0 Å². The minimum absolute atomic E-state index is 0.275. The van der Waals surface area contributed by atoms with Crippen molar-refractivity contribution in [2.45, 2.75) is 19.5 Å². The summed E-state index contributed by atoms with van der Waals surface area (Å²) in [5.41, 5.74) is 2.10.